The second-order valence-corrected chi connectivity index (χ2v) is 5.32. The Balaban J connectivity index is 1.62. The van der Waals surface area contributed by atoms with Crippen molar-refractivity contribution in [3.05, 3.63) is 42.5 Å². The Morgan fingerprint density at radius 1 is 1.17 bits per heavy atom. The molecule has 0 aromatic heterocycles. The number of fused-ring (bicyclic) bond motifs is 1. The molecule has 126 valence electrons. The van der Waals surface area contributed by atoms with Gasteiger partial charge in [0.1, 0.15) is 24.2 Å². The Morgan fingerprint density at radius 3 is 2.71 bits per heavy atom. The minimum absolute atomic E-state index is 0.175. The highest BCUT2D eigenvalue weighted by Gasteiger charge is 2.23. The number of hydrogen-bond donors (Lipinski definition) is 1. The number of ether oxygens (including phenoxy) is 4. The second kappa shape index (κ2) is 7.12. The van der Waals surface area contributed by atoms with Gasteiger partial charge in [-0.1, -0.05) is 12.1 Å². The first-order valence-electron chi connectivity index (χ1n) is 7.60. The molecule has 1 atom stereocenters. The maximum atomic E-state index is 12.3. The number of anilines is 1. The first kappa shape index (κ1) is 16.0. The zero-order valence-electron chi connectivity index (χ0n) is 13.6. The monoisotopic (exact) mass is 329 g/mol. The highest BCUT2D eigenvalue weighted by atomic mass is 16.6. The number of benzene rings is 2. The standard InChI is InChI=1S/C18H19NO5/c1-21-12-7-8-14(17(9-12)22-2)19-18(20)10-13-11-23-15-5-3-4-6-16(15)24-13/h3-9,13H,10-11H2,1-2H3,(H,19,20)/t13-/m0/s1. The molecule has 0 saturated heterocycles. The van der Waals surface area contributed by atoms with Crippen LogP contribution in [0.1, 0.15) is 6.42 Å². The maximum Gasteiger partial charge on any atom is 0.228 e. The minimum Gasteiger partial charge on any atom is -0.497 e. The van der Waals surface area contributed by atoms with Crippen molar-refractivity contribution in [1.82, 2.24) is 0 Å². The second-order valence-electron chi connectivity index (χ2n) is 5.32. The number of rotatable bonds is 5. The van der Waals surface area contributed by atoms with Gasteiger partial charge in [-0.2, -0.15) is 0 Å². The SMILES string of the molecule is COc1ccc(NC(=O)C[C@H]2COc3ccccc3O2)c(OC)c1. The molecule has 1 N–H and O–H groups in total. The van der Waals surface area contributed by atoms with Crippen molar-refractivity contribution in [1.29, 1.82) is 0 Å². The summed E-state index contributed by atoms with van der Waals surface area (Å²) in [6, 6.07) is 12.6. The van der Waals surface area contributed by atoms with Gasteiger partial charge >= 0.3 is 0 Å². The number of para-hydroxylation sites is 2. The third-order valence-electron chi connectivity index (χ3n) is 3.66. The van der Waals surface area contributed by atoms with Gasteiger partial charge in [0.25, 0.3) is 0 Å². The van der Waals surface area contributed by atoms with Crippen molar-refractivity contribution in [2.75, 3.05) is 26.1 Å². The van der Waals surface area contributed by atoms with E-state index in [1.54, 1.807) is 32.4 Å². The fraction of sp³-hybridized carbons (Fsp3) is 0.278. The number of carbonyl (C=O) groups excluding carboxylic acids is 1. The molecule has 2 aromatic rings. The van der Waals surface area contributed by atoms with Crippen LogP contribution in [0.25, 0.3) is 0 Å². The van der Waals surface area contributed by atoms with Crippen molar-refractivity contribution in [2.24, 2.45) is 0 Å². The average molecular weight is 329 g/mol. The molecule has 3 rings (SSSR count). The summed E-state index contributed by atoms with van der Waals surface area (Å²) in [5.74, 6) is 2.38. The molecular formula is C18H19NO5. The average Bonchev–Trinajstić information content (AvgIpc) is 2.62. The molecule has 1 heterocycles. The highest BCUT2D eigenvalue weighted by Crippen LogP contribution is 2.32. The molecule has 2 aromatic carbocycles. The third-order valence-corrected chi connectivity index (χ3v) is 3.66. The third kappa shape index (κ3) is 3.53. The van der Waals surface area contributed by atoms with E-state index in [0.717, 1.165) is 0 Å². The lowest BCUT2D eigenvalue weighted by atomic mass is 10.2. The predicted octanol–water partition coefficient (Wildman–Crippen LogP) is 2.87. The van der Waals surface area contributed by atoms with E-state index in [9.17, 15) is 4.79 Å². The molecule has 6 nitrogen and oxygen atoms in total. The van der Waals surface area contributed by atoms with Crippen LogP contribution in [-0.4, -0.2) is 32.8 Å². The number of hydrogen-bond acceptors (Lipinski definition) is 5. The van der Waals surface area contributed by atoms with Crippen LogP contribution >= 0.6 is 0 Å². The summed E-state index contributed by atoms with van der Waals surface area (Å²) in [6.45, 7) is 0.337. The fourth-order valence-electron chi connectivity index (χ4n) is 2.47. The lowest BCUT2D eigenvalue weighted by Gasteiger charge is -2.26. The summed E-state index contributed by atoms with van der Waals surface area (Å²) in [6.07, 6.45) is -0.145. The van der Waals surface area contributed by atoms with Crippen LogP contribution in [0.15, 0.2) is 42.5 Å². The van der Waals surface area contributed by atoms with Crippen molar-refractivity contribution < 1.29 is 23.7 Å². The van der Waals surface area contributed by atoms with E-state index in [1.165, 1.54) is 0 Å². The van der Waals surface area contributed by atoms with Gasteiger partial charge in [-0.05, 0) is 24.3 Å². The topological polar surface area (TPSA) is 66.0 Å². The van der Waals surface area contributed by atoms with E-state index in [2.05, 4.69) is 5.32 Å². The van der Waals surface area contributed by atoms with E-state index >= 15 is 0 Å². The van der Waals surface area contributed by atoms with E-state index in [0.29, 0.717) is 35.3 Å². The van der Waals surface area contributed by atoms with Crippen molar-refractivity contribution in [2.45, 2.75) is 12.5 Å². The summed E-state index contributed by atoms with van der Waals surface area (Å²) in [7, 11) is 3.12. The van der Waals surface area contributed by atoms with Gasteiger partial charge in [-0.25, -0.2) is 0 Å². The van der Waals surface area contributed by atoms with Gasteiger partial charge < -0.3 is 24.3 Å². The molecule has 0 saturated carbocycles. The maximum absolute atomic E-state index is 12.3. The van der Waals surface area contributed by atoms with Crippen molar-refractivity contribution in [3.63, 3.8) is 0 Å². The van der Waals surface area contributed by atoms with Gasteiger partial charge in [-0.3, -0.25) is 4.79 Å². The number of methoxy groups -OCH3 is 2. The summed E-state index contributed by atoms with van der Waals surface area (Å²) in [5.41, 5.74) is 0.584. The predicted molar refractivity (Wildman–Crippen MR) is 89.1 cm³/mol. The Morgan fingerprint density at radius 2 is 1.96 bits per heavy atom. The molecule has 0 spiro atoms. The van der Waals surface area contributed by atoms with Crippen LogP contribution in [0.4, 0.5) is 5.69 Å². The molecule has 6 heteroatoms. The number of nitrogens with one attached hydrogen (secondary N) is 1. The zero-order valence-corrected chi connectivity index (χ0v) is 13.6. The largest absolute Gasteiger partial charge is 0.497 e. The summed E-state index contributed by atoms with van der Waals surface area (Å²) in [5, 5.41) is 2.83. The fourth-order valence-corrected chi connectivity index (χ4v) is 2.47. The van der Waals surface area contributed by atoms with Gasteiger partial charge in [0.2, 0.25) is 5.91 Å². The summed E-state index contributed by atoms with van der Waals surface area (Å²) in [4.78, 5) is 12.3. The quantitative estimate of drug-likeness (QED) is 0.914. The van der Waals surface area contributed by atoms with Gasteiger partial charge in [0.05, 0.1) is 26.3 Å². The molecule has 24 heavy (non-hydrogen) atoms. The summed E-state index contributed by atoms with van der Waals surface area (Å²) < 4.78 is 21.8. The molecule has 0 unspecified atom stereocenters. The first-order chi connectivity index (χ1) is 11.7. The first-order valence-corrected chi connectivity index (χ1v) is 7.60. The van der Waals surface area contributed by atoms with E-state index in [1.807, 2.05) is 24.3 Å². The lowest BCUT2D eigenvalue weighted by Crippen LogP contribution is -2.33. The van der Waals surface area contributed by atoms with Crippen LogP contribution in [0.2, 0.25) is 0 Å². The van der Waals surface area contributed by atoms with Crippen LogP contribution in [-0.2, 0) is 4.79 Å². The van der Waals surface area contributed by atoms with Gasteiger partial charge in [0.15, 0.2) is 11.5 Å². The van der Waals surface area contributed by atoms with Crippen LogP contribution < -0.4 is 24.3 Å². The van der Waals surface area contributed by atoms with Gasteiger partial charge in [-0.15, -0.1) is 0 Å². The van der Waals surface area contributed by atoms with E-state index in [-0.39, 0.29) is 18.4 Å². The van der Waals surface area contributed by atoms with Crippen molar-refractivity contribution >= 4 is 11.6 Å². The Kier molecular flexibility index (Phi) is 4.74. The highest BCUT2D eigenvalue weighted by molar-refractivity contribution is 5.92. The van der Waals surface area contributed by atoms with Gasteiger partial charge in [0, 0.05) is 6.07 Å². The molecule has 0 bridgehead atoms. The lowest BCUT2D eigenvalue weighted by molar-refractivity contribution is -0.118. The van der Waals surface area contributed by atoms with Crippen molar-refractivity contribution in [3.8, 4) is 23.0 Å². The molecule has 1 aliphatic rings. The Hall–Kier alpha value is -2.89. The van der Waals surface area contributed by atoms with Crippen LogP contribution in [0.5, 0.6) is 23.0 Å². The number of carbonyl (C=O) groups is 1. The normalized spacial score (nSPS) is 15.5. The zero-order chi connectivity index (χ0) is 16.9. The van der Waals surface area contributed by atoms with Crippen LogP contribution in [0.3, 0.4) is 0 Å². The summed E-state index contributed by atoms with van der Waals surface area (Å²) >= 11 is 0. The Bertz CT molecular complexity index is 731. The molecule has 0 fully saturated rings. The molecule has 1 amide bonds. The molecular weight excluding hydrogens is 310 g/mol. The molecule has 0 aliphatic carbocycles. The number of amides is 1. The van der Waals surface area contributed by atoms with E-state index < -0.39 is 0 Å². The van der Waals surface area contributed by atoms with E-state index in [4.69, 9.17) is 18.9 Å². The molecule has 1 aliphatic heterocycles. The Labute approximate surface area is 140 Å². The smallest absolute Gasteiger partial charge is 0.228 e. The molecule has 0 radical (unpaired) electrons. The minimum atomic E-state index is -0.329. The van der Waals surface area contributed by atoms with Crippen LogP contribution in [0, 0.1) is 0 Å².